The average Bonchev–Trinajstić information content (AvgIpc) is 3.46. The molecule has 1 aliphatic rings. The second-order valence-corrected chi connectivity index (χ2v) is 9.61. The second-order valence-electron chi connectivity index (χ2n) is 9.17. The molecule has 6 nitrogen and oxygen atoms in total. The highest BCUT2D eigenvalue weighted by atomic mass is 35.5. The highest BCUT2D eigenvalue weighted by Gasteiger charge is 2.42. The van der Waals surface area contributed by atoms with Crippen molar-refractivity contribution in [2.75, 3.05) is 13.2 Å². The van der Waals surface area contributed by atoms with Crippen molar-refractivity contribution in [2.24, 2.45) is 0 Å². The molecule has 0 aliphatic carbocycles. The quantitative estimate of drug-likeness (QED) is 0.219. The van der Waals surface area contributed by atoms with Crippen LogP contribution in [-0.2, 0) is 6.54 Å². The summed E-state index contributed by atoms with van der Waals surface area (Å²) in [5.41, 5.74) is 4.42. The van der Waals surface area contributed by atoms with Crippen LogP contribution in [0.15, 0.2) is 66.7 Å². The number of carbonyl (C=O) groups excluding carboxylic acids is 1. The van der Waals surface area contributed by atoms with Gasteiger partial charge in [-0.1, -0.05) is 55.3 Å². The van der Waals surface area contributed by atoms with E-state index in [0.717, 1.165) is 35.1 Å². The van der Waals surface area contributed by atoms with Crippen LogP contribution in [-0.4, -0.2) is 34.2 Å². The molecular formula is C30H29ClFN3O3. The SMILES string of the molecule is CCCCOc1ccc(C2c3c(-c4ccc(Cl)cc4)n[nH]c3C(=O)N2Cc2ccc(F)cc2)cc1OCC. The first-order chi connectivity index (χ1) is 18.5. The van der Waals surface area contributed by atoms with Crippen LogP contribution in [0.1, 0.15) is 59.9 Å². The lowest BCUT2D eigenvalue weighted by Gasteiger charge is -2.27. The van der Waals surface area contributed by atoms with Gasteiger partial charge < -0.3 is 14.4 Å². The number of amides is 1. The first-order valence-corrected chi connectivity index (χ1v) is 13.2. The number of nitrogens with one attached hydrogen (secondary N) is 1. The molecule has 196 valence electrons. The third kappa shape index (κ3) is 5.11. The molecule has 0 bridgehead atoms. The molecule has 5 rings (SSSR count). The van der Waals surface area contributed by atoms with Crippen molar-refractivity contribution >= 4 is 17.5 Å². The summed E-state index contributed by atoms with van der Waals surface area (Å²) >= 11 is 6.13. The molecule has 0 saturated carbocycles. The molecule has 8 heteroatoms. The predicted molar refractivity (Wildman–Crippen MR) is 145 cm³/mol. The number of carbonyl (C=O) groups is 1. The standard InChI is InChI=1S/C30H29ClFN3O3/c1-3-5-16-38-24-15-10-21(17-25(24)37-4-2)29-26-27(20-8-11-22(31)12-9-20)33-34-28(26)30(36)35(29)18-19-6-13-23(32)14-7-19/h6-15,17,29H,3-5,16,18H2,1-2H3,(H,33,34). The fourth-order valence-electron chi connectivity index (χ4n) is 4.73. The van der Waals surface area contributed by atoms with Crippen molar-refractivity contribution in [3.05, 3.63) is 100.0 Å². The molecular weight excluding hydrogens is 505 g/mol. The van der Waals surface area contributed by atoms with Gasteiger partial charge in [0.15, 0.2) is 11.5 Å². The first-order valence-electron chi connectivity index (χ1n) is 12.8. The molecule has 1 unspecified atom stereocenters. The fraction of sp³-hybridized carbons (Fsp3) is 0.267. The van der Waals surface area contributed by atoms with E-state index in [1.807, 2.05) is 37.3 Å². The number of benzene rings is 3. The van der Waals surface area contributed by atoms with Crippen molar-refractivity contribution < 1.29 is 18.7 Å². The van der Waals surface area contributed by atoms with Gasteiger partial charge in [-0.05, 0) is 60.9 Å². The third-order valence-corrected chi connectivity index (χ3v) is 6.84. The minimum absolute atomic E-state index is 0.178. The maximum atomic E-state index is 13.7. The summed E-state index contributed by atoms with van der Waals surface area (Å²) in [6.45, 7) is 5.41. The molecule has 0 spiro atoms. The van der Waals surface area contributed by atoms with Crippen LogP contribution >= 0.6 is 11.6 Å². The Labute approximate surface area is 226 Å². The predicted octanol–water partition coefficient (Wildman–Crippen LogP) is 7.19. The van der Waals surface area contributed by atoms with E-state index in [0.29, 0.717) is 47.7 Å². The Morgan fingerprint density at radius 3 is 2.47 bits per heavy atom. The third-order valence-electron chi connectivity index (χ3n) is 6.59. The molecule has 0 fully saturated rings. The lowest BCUT2D eigenvalue weighted by molar-refractivity contribution is 0.0729. The number of ether oxygens (including phenoxy) is 2. The number of rotatable bonds is 10. The zero-order valence-corrected chi connectivity index (χ0v) is 22.1. The number of halogens is 2. The lowest BCUT2D eigenvalue weighted by Crippen LogP contribution is -2.29. The number of unbranched alkanes of at least 4 members (excludes halogenated alkanes) is 1. The van der Waals surface area contributed by atoms with E-state index in [1.165, 1.54) is 12.1 Å². The summed E-state index contributed by atoms with van der Waals surface area (Å²) in [5, 5.41) is 8.11. The van der Waals surface area contributed by atoms with E-state index in [9.17, 15) is 9.18 Å². The fourth-order valence-corrected chi connectivity index (χ4v) is 4.86. The van der Waals surface area contributed by atoms with Gasteiger partial charge in [-0.3, -0.25) is 9.89 Å². The van der Waals surface area contributed by atoms with Crippen molar-refractivity contribution in [1.82, 2.24) is 15.1 Å². The second kappa shape index (κ2) is 11.3. The number of nitrogens with zero attached hydrogens (tertiary/aromatic N) is 2. The van der Waals surface area contributed by atoms with Crippen LogP contribution in [0, 0.1) is 5.82 Å². The summed E-state index contributed by atoms with van der Waals surface area (Å²) in [6, 6.07) is 18.9. The highest BCUT2D eigenvalue weighted by molar-refractivity contribution is 6.30. The number of H-pyrrole nitrogens is 1. The van der Waals surface area contributed by atoms with E-state index in [2.05, 4.69) is 17.1 Å². The largest absolute Gasteiger partial charge is 0.490 e. The van der Waals surface area contributed by atoms with Crippen LogP contribution in [0.4, 0.5) is 4.39 Å². The van der Waals surface area contributed by atoms with Gasteiger partial charge in [0, 0.05) is 22.7 Å². The summed E-state index contributed by atoms with van der Waals surface area (Å²) in [5.74, 6) is 0.796. The van der Waals surface area contributed by atoms with E-state index < -0.39 is 6.04 Å². The van der Waals surface area contributed by atoms with Crippen molar-refractivity contribution in [2.45, 2.75) is 39.3 Å². The molecule has 38 heavy (non-hydrogen) atoms. The van der Waals surface area contributed by atoms with Crippen LogP contribution in [0.3, 0.4) is 0 Å². The maximum absolute atomic E-state index is 13.7. The Morgan fingerprint density at radius 2 is 1.76 bits per heavy atom. The molecule has 1 aliphatic heterocycles. The number of aromatic nitrogens is 2. The van der Waals surface area contributed by atoms with Gasteiger partial charge in [-0.2, -0.15) is 5.10 Å². The van der Waals surface area contributed by atoms with Gasteiger partial charge in [-0.25, -0.2) is 4.39 Å². The van der Waals surface area contributed by atoms with E-state index in [-0.39, 0.29) is 11.7 Å². The average molecular weight is 534 g/mol. The van der Waals surface area contributed by atoms with E-state index in [1.54, 1.807) is 29.2 Å². The maximum Gasteiger partial charge on any atom is 0.273 e. The molecule has 3 aromatic carbocycles. The Bertz CT molecular complexity index is 1420. The van der Waals surface area contributed by atoms with Gasteiger partial charge in [0.2, 0.25) is 0 Å². The normalized spacial score (nSPS) is 14.6. The topological polar surface area (TPSA) is 67.5 Å². The first kappa shape index (κ1) is 25.8. The van der Waals surface area contributed by atoms with E-state index in [4.69, 9.17) is 21.1 Å². The Morgan fingerprint density at radius 1 is 1.00 bits per heavy atom. The molecule has 2 heterocycles. The van der Waals surface area contributed by atoms with Gasteiger partial charge in [-0.15, -0.1) is 0 Å². The lowest BCUT2D eigenvalue weighted by atomic mass is 9.95. The van der Waals surface area contributed by atoms with Crippen LogP contribution in [0.25, 0.3) is 11.3 Å². The van der Waals surface area contributed by atoms with Gasteiger partial charge in [0.25, 0.3) is 5.91 Å². The number of hydrogen-bond acceptors (Lipinski definition) is 4. The summed E-state index contributed by atoms with van der Waals surface area (Å²) in [7, 11) is 0. The van der Waals surface area contributed by atoms with Crippen LogP contribution in [0.5, 0.6) is 11.5 Å². The van der Waals surface area contributed by atoms with Gasteiger partial charge in [0.1, 0.15) is 11.5 Å². The molecule has 1 atom stereocenters. The molecule has 1 amide bonds. The zero-order valence-electron chi connectivity index (χ0n) is 21.3. The van der Waals surface area contributed by atoms with Crippen molar-refractivity contribution in [3.8, 4) is 22.8 Å². The highest BCUT2D eigenvalue weighted by Crippen LogP contribution is 2.45. The number of aromatic amines is 1. The Hall–Kier alpha value is -3.84. The Balaban J connectivity index is 1.60. The molecule has 4 aromatic rings. The molecule has 0 saturated heterocycles. The van der Waals surface area contributed by atoms with Crippen LogP contribution in [0.2, 0.25) is 5.02 Å². The smallest absolute Gasteiger partial charge is 0.273 e. The van der Waals surface area contributed by atoms with Gasteiger partial charge >= 0.3 is 0 Å². The summed E-state index contributed by atoms with van der Waals surface area (Å²) < 4.78 is 25.5. The van der Waals surface area contributed by atoms with Crippen LogP contribution < -0.4 is 9.47 Å². The van der Waals surface area contributed by atoms with Crippen molar-refractivity contribution in [1.29, 1.82) is 0 Å². The summed E-state index contributed by atoms with van der Waals surface area (Å²) in [6.07, 6.45) is 1.97. The molecule has 1 N–H and O–H groups in total. The molecule has 1 aromatic heterocycles. The minimum atomic E-state index is -0.448. The van der Waals surface area contributed by atoms with Gasteiger partial charge in [0.05, 0.1) is 24.9 Å². The van der Waals surface area contributed by atoms with E-state index >= 15 is 0 Å². The van der Waals surface area contributed by atoms with Crippen molar-refractivity contribution in [3.63, 3.8) is 0 Å². The molecule has 0 radical (unpaired) electrons. The minimum Gasteiger partial charge on any atom is -0.490 e. The number of fused-ring (bicyclic) bond motifs is 1. The summed E-state index contributed by atoms with van der Waals surface area (Å²) in [4.78, 5) is 15.5. The number of hydrogen-bond donors (Lipinski definition) is 1. The monoisotopic (exact) mass is 533 g/mol. The Kier molecular flexibility index (Phi) is 7.65. The zero-order chi connectivity index (χ0) is 26.6.